The highest BCUT2D eigenvalue weighted by atomic mass is 32.2. The summed E-state index contributed by atoms with van der Waals surface area (Å²) in [5.74, 6) is 0.340. The van der Waals surface area contributed by atoms with Gasteiger partial charge in [-0.15, -0.1) is 0 Å². The molecule has 3 saturated carbocycles. The lowest BCUT2D eigenvalue weighted by Crippen LogP contribution is -2.50. The molecule has 0 radical (unpaired) electrons. The lowest BCUT2D eigenvalue weighted by molar-refractivity contribution is -0.0125. The van der Waals surface area contributed by atoms with Crippen LogP contribution >= 0.6 is 0 Å². The summed E-state index contributed by atoms with van der Waals surface area (Å²) in [6, 6.07) is -1.29. The summed E-state index contributed by atoms with van der Waals surface area (Å²) >= 11 is 0. The summed E-state index contributed by atoms with van der Waals surface area (Å²) in [6.45, 7) is 2.03. The van der Waals surface area contributed by atoms with E-state index in [1.807, 2.05) is 6.92 Å². The summed E-state index contributed by atoms with van der Waals surface area (Å²) in [6.07, 6.45) is 6.16. The van der Waals surface area contributed by atoms with E-state index in [1.54, 1.807) is 0 Å². The largest absolute Gasteiger partial charge is 0.449 e. The first-order valence-corrected chi connectivity index (χ1v) is 14.1. The van der Waals surface area contributed by atoms with E-state index < -0.39 is 40.2 Å². The minimum absolute atomic E-state index is 0.0266. The van der Waals surface area contributed by atoms with Gasteiger partial charge in [-0.05, 0) is 51.4 Å². The zero-order valence-electron chi connectivity index (χ0n) is 19.9. The molecule has 0 unspecified atom stereocenters. The average Bonchev–Trinajstić information content (AvgIpc) is 3.67. The van der Waals surface area contributed by atoms with Crippen LogP contribution in [0.5, 0.6) is 0 Å². The number of halogens is 2. The molecule has 194 valence electrons. The van der Waals surface area contributed by atoms with Crippen molar-refractivity contribution in [3.63, 3.8) is 0 Å². The highest BCUT2D eigenvalue weighted by Crippen LogP contribution is 2.61. The average molecular weight is 515 g/mol. The summed E-state index contributed by atoms with van der Waals surface area (Å²) in [5.41, 5.74) is -0.108. The van der Waals surface area contributed by atoms with Crippen LogP contribution in [0, 0.1) is 17.7 Å². The van der Waals surface area contributed by atoms with Crippen molar-refractivity contribution in [2.75, 3.05) is 19.5 Å². The second kappa shape index (κ2) is 9.19. The molecule has 1 N–H and O–H groups in total. The summed E-state index contributed by atoms with van der Waals surface area (Å²) in [7, 11) is -3.50. The van der Waals surface area contributed by atoms with Crippen LogP contribution in [0.1, 0.15) is 51.3 Å². The van der Waals surface area contributed by atoms with Gasteiger partial charge in [0.05, 0.1) is 44.0 Å². The molecule has 1 aromatic heterocycles. The smallest absolute Gasteiger partial charge is 0.410 e. The van der Waals surface area contributed by atoms with Crippen molar-refractivity contribution in [1.29, 1.82) is 0 Å². The molecule has 0 bridgehead atoms. The lowest BCUT2D eigenvalue weighted by Gasteiger charge is -2.33. The van der Waals surface area contributed by atoms with Crippen molar-refractivity contribution in [2.24, 2.45) is 11.8 Å². The second-order valence-corrected chi connectivity index (χ2v) is 12.4. The van der Waals surface area contributed by atoms with Gasteiger partial charge in [-0.3, -0.25) is 4.90 Å². The summed E-state index contributed by atoms with van der Waals surface area (Å²) in [4.78, 5) is 22.8. The van der Waals surface area contributed by atoms with E-state index in [0.717, 1.165) is 31.9 Å². The molecular formula is C23H32F2N4O5S. The number of nitrogens with zero attached hydrogens (tertiary/aromatic N) is 3. The Labute approximate surface area is 204 Å². The number of nitrogens with one attached hydrogen (secondary N) is 1. The number of amides is 1. The first-order chi connectivity index (χ1) is 16.6. The van der Waals surface area contributed by atoms with E-state index in [4.69, 9.17) is 9.47 Å². The number of sulfonamides is 1. The van der Waals surface area contributed by atoms with E-state index in [-0.39, 0.29) is 36.7 Å². The molecule has 8 atom stereocenters. The number of alkyl halides is 1. The van der Waals surface area contributed by atoms with Gasteiger partial charge in [-0.2, -0.15) is 0 Å². The monoisotopic (exact) mass is 514 g/mol. The van der Waals surface area contributed by atoms with Crippen molar-refractivity contribution in [3.05, 3.63) is 24.0 Å². The molecule has 4 fully saturated rings. The van der Waals surface area contributed by atoms with Gasteiger partial charge in [0.2, 0.25) is 10.0 Å². The van der Waals surface area contributed by atoms with Gasteiger partial charge >= 0.3 is 6.09 Å². The predicted octanol–water partition coefficient (Wildman–Crippen LogP) is 2.32. The van der Waals surface area contributed by atoms with Crippen LogP contribution in [0.3, 0.4) is 0 Å². The van der Waals surface area contributed by atoms with Gasteiger partial charge < -0.3 is 9.47 Å². The number of ether oxygens (including phenoxy) is 2. The van der Waals surface area contributed by atoms with E-state index in [9.17, 15) is 22.0 Å². The van der Waals surface area contributed by atoms with Crippen molar-refractivity contribution in [3.8, 4) is 0 Å². The van der Waals surface area contributed by atoms with Crippen LogP contribution in [0.25, 0.3) is 0 Å². The number of hydrogen-bond donors (Lipinski definition) is 1. The predicted molar refractivity (Wildman–Crippen MR) is 121 cm³/mol. The molecular weight excluding hydrogens is 482 g/mol. The zero-order valence-corrected chi connectivity index (χ0v) is 20.7. The first-order valence-electron chi connectivity index (χ1n) is 12.2. The Morgan fingerprint density at radius 1 is 1.26 bits per heavy atom. The maximum atomic E-state index is 13.2. The number of carbonyl (C=O) groups excluding carboxylic acids is 1. The number of carbonyl (C=O) groups is 1. The highest BCUT2D eigenvalue weighted by Gasteiger charge is 2.60. The fourth-order valence-corrected chi connectivity index (χ4v) is 6.70. The van der Waals surface area contributed by atoms with Gasteiger partial charge in [0, 0.05) is 23.4 Å². The molecule has 5 rings (SSSR count). The first kappa shape index (κ1) is 24.8. The minimum Gasteiger partial charge on any atom is -0.449 e. The molecule has 1 aromatic rings. The van der Waals surface area contributed by atoms with Gasteiger partial charge in [-0.25, -0.2) is 36.7 Å². The molecule has 4 aliphatic rings. The molecule has 3 aliphatic carbocycles. The Hall–Kier alpha value is -1.92. The molecule has 35 heavy (non-hydrogen) atoms. The molecule has 2 heterocycles. The summed E-state index contributed by atoms with van der Waals surface area (Å²) < 4.78 is 64.6. The van der Waals surface area contributed by atoms with Crippen LogP contribution in [0.15, 0.2) is 12.4 Å². The van der Waals surface area contributed by atoms with Crippen molar-refractivity contribution in [2.45, 2.75) is 81.3 Å². The van der Waals surface area contributed by atoms with Crippen molar-refractivity contribution < 1.29 is 31.5 Å². The SMILES string of the molecule is C[C@@H]1C[C@H](NS(C)(=O)=O)[C@H](CO[C@H]2CC[C@@]3(c4ncc(F)cn4)C[C@H]3C2)N1C(=O)OC[C@H]1C[C@H]1F. The zero-order chi connectivity index (χ0) is 25.0. The molecule has 12 heteroatoms. The summed E-state index contributed by atoms with van der Waals surface area (Å²) in [5, 5.41) is 0. The number of hydrogen-bond acceptors (Lipinski definition) is 7. The minimum atomic E-state index is -3.50. The standard InChI is InChI=1S/C23H32F2N4O5S/c1-13-5-19(28-35(2,31)32)20(29(13)22(30)34-11-14-6-18(14)25)12-33-17-3-4-23(8-15(23)7-17)21-26-9-16(24)10-27-21/h9-10,13-15,17-20,28H,3-8,11-12H2,1-2H3/t13-,14-,15-,17+,18-,19+,20+,23-/m1/s1. The molecule has 1 saturated heterocycles. The van der Waals surface area contributed by atoms with E-state index >= 15 is 0 Å². The van der Waals surface area contributed by atoms with Crippen molar-refractivity contribution in [1.82, 2.24) is 19.6 Å². The van der Waals surface area contributed by atoms with Crippen molar-refractivity contribution >= 4 is 16.1 Å². The Bertz CT molecular complexity index is 1060. The third kappa shape index (κ3) is 5.29. The Morgan fingerprint density at radius 2 is 1.97 bits per heavy atom. The van der Waals surface area contributed by atoms with Crippen LogP contribution in [-0.4, -0.2) is 79.2 Å². The maximum Gasteiger partial charge on any atom is 0.410 e. The number of rotatable bonds is 8. The third-order valence-electron chi connectivity index (χ3n) is 7.99. The van der Waals surface area contributed by atoms with E-state index in [2.05, 4.69) is 14.7 Å². The van der Waals surface area contributed by atoms with Crippen LogP contribution in [0.2, 0.25) is 0 Å². The normalized spacial score (nSPS) is 38.2. The molecule has 0 spiro atoms. The van der Waals surface area contributed by atoms with Crippen LogP contribution in [0.4, 0.5) is 13.6 Å². The molecule has 1 amide bonds. The molecule has 0 aromatic carbocycles. The number of aromatic nitrogens is 2. The number of fused-ring (bicyclic) bond motifs is 1. The highest BCUT2D eigenvalue weighted by molar-refractivity contribution is 7.88. The fraction of sp³-hybridized carbons (Fsp3) is 0.783. The van der Waals surface area contributed by atoms with E-state index in [1.165, 1.54) is 17.3 Å². The van der Waals surface area contributed by atoms with Crippen LogP contribution < -0.4 is 4.72 Å². The number of likely N-dealkylation sites (tertiary alicyclic amines) is 1. The Balaban J connectivity index is 1.21. The van der Waals surface area contributed by atoms with Gasteiger partial charge in [0.25, 0.3) is 0 Å². The molecule has 9 nitrogen and oxygen atoms in total. The van der Waals surface area contributed by atoms with Crippen LogP contribution in [-0.2, 0) is 24.9 Å². The quantitative estimate of drug-likeness (QED) is 0.567. The Kier molecular flexibility index (Phi) is 6.50. The van der Waals surface area contributed by atoms with Gasteiger partial charge in [0.1, 0.15) is 12.0 Å². The Morgan fingerprint density at radius 3 is 2.60 bits per heavy atom. The second-order valence-electron chi connectivity index (χ2n) is 10.7. The molecule has 1 aliphatic heterocycles. The fourth-order valence-electron chi connectivity index (χ4n) is 5.90. The van der Waals surface area contributed by atoms with Gasteiger partial charge in [0.15, 0.2) is 5.82 Å². The van der Waals surface area contributed by atoms with E-state index in [0.29, 0.717) is 24.6 Å². The third-order valence-corrected chi connectivity index (χ3v) is 8.72. The van der Waals surface area contributed by atoms with Gasteiger partial charge in [-0.1, -0.05) is 0 Å². The topological polar surface area (TPSA) is 111 Å². The lowest BCUT2D eigenvalue weighted by atomic mass is 9.86. The maximum absolute atomic E-state index is 13.2.